The van der Waals surface area contributed by atoms with E-state index in [1.165, 1.54) is 23.5 Å². The van der Waals surface area contributed by atoms with Crippen LogP contribution in [0.1, 0.15) is 27.3 Å². The summed E-state index contributed by atoms with van der Waals surface area (Å²) in [7, 11) is 1.75. The second-order valence-electron chi connectivity index (χ2n) is 5.72. The molecule has 1 aromatic carbocycles. The molecule has 3 aromatic rings. The van der Waals surface area contributed by atoms with Crippen LogP contribution in [0.3, 0.4) is 0 Å². The average molecular weight is 343 g/mol. The molecule has 1 amide bonds. The molecular weight excluding hydrogens is 325 g/mol. The summed E-state index contributed by atoms with van der Waals surface area (Å²) in [4.78, 5) is 18.8. The van der Waals surface area contributed by atoms with E-state index in [-0.39, 0.29) is 11.7 Å². The lowest BCUT2D eigenvalue weighted by Crippen LogP contribution is -2.26. The Labute approximate surface area is 144 Å². The monoisotopic (exact) mass is 343 g/mol. The van der Waals surface area contributed by atoms with Crippen LogP contribution in [0.5, 0.6) is 0 Å². The normalized spacial score (nSPS) is 10.8. The molecule has 0 bridgehead atoms. The van der Waals surface area contributed by atoms with Gasteiger partial charge in [-0.1, -0.05) is 12.1 Å². The number of thiazole rings is 1. The van der Waals surface area contributed by atoms with Crippen LogP contribution in [0.15, 0.2) is 41.9 Å². The first-order valence-corrected chi connectivity index (χ1v) is 8.44. The summed E-state index contributed by atoms with van der Waals surface area (Å²) in [5.74, 6) is -0.338. The molecule has 0 atom stereocenters. The maximum absolute atomic E-state index is 13.0. The number of carbonyl (C=O) groups is 1. The van der Waals surface area contributed by atoms with Gasteiger partial charge in [0.05, 0.1) is 5.56 Å². The van der Waals surface area contributed by atoms with Crippen molar-refractivity contribution in [3.05, 3.63) is 70.2 Å². The summed E-state index contributed by atoms with van der Waals surface area (Å²) < 4.78 is 15.0. The number of nitrogens with zero attached hydrogens (tertiary/aromatic N) is 3. The molecule has 2 heterocycles. The van der Waals surface area contributed by atoms with E-state index in [9.17, 15) is 9.18 Å². The van der Waals surface area contributed by atoms with E-state index >= 15 is 0 Å². The van der Waals surface area contributed by atoms with Gasteiger partial charge in [-0.3, -0.25) is 9.36 Å². The van der Waals surface area contributed by atoms with Crippen LogP contribution in [-0.4, -0.2) is 27.4 Å². The van der Waals surface area contributed by atoms with Crippen molar-refractivity contribution in [2.45, 2.75) is 20.4 Å². The molecule has 0 aliphatic rings. The molecule has 0 saturated heterocycles. The highest BCUT2D eigenvalue weighted by Gasteiger charge is 2.20. The Kier molecular flexibility index (Phi) is 4.49. The molecule has 0 aliphatic heterocycles. The van der Waals surface area contributed by atoms with Gasteiger partial charge in [-0.05, 0) is 37.6 Å². The number of hydrogen-bond donors (Lipinski definition) is 0. The fourth-order valence-electron chi connectivity index (χ4n) is 2.74. The number of carbonyl (C=O) groups excluding carboxylic acids is 1. The van der Waals surface area contributed by atoms with E-state index in [0.29, 0.717) is 12.1 Å². The highest BCUT2D eigenvalue weighted by atomic mass is 32.1. The second-order valence-corrected chi connectivity index (χ2v) is 6.60. The summed E-state index contributed by atoms with van der Waals surface area (Å²) in [6.07, 6.45) is 1.75. The first-order valence-electron chi connectivity index (χ1n) is 7.56. The predicted molar refractivity (Wildman–Crippen MR) is 93.1 cm³/mol. The molecule has 6 heteroatoms. The molecule has 3 rings (SSSR count). The first-order chi connectivity index (χ1) is 11.5. The number of hydrogen-bond acceptors (Lipinski definition) is 3. The van der Waals surface area contributed by atoms with Gasteiger partial charge in [-0.25, -0.2) is 9.37 Å². The highest BCUT2D eigenvalue weighted by molar-refractivity contribution is 7.12. The van der Waals surface area contributed by atoms with Crippen LogP contribution >= 0.6 is 11.3 Å². The lowest BCUT2D eigenvalue weighted by Gasteiger charge is -2.17. The third-order valence-electron chi connectivity index (χ3n) is 3.95. The maximum Gasteiger partial charge on any atom is 0.255 e. The van der Waals surface area contributed by atoms with Crippen molar-refractivity contribution < 1.29 is 9.18 Å². The Bertz CT molecular complexity index is 853. The molecule has 0 N–H and O–H groups in total. The van der Waals surface area contributed by atoms with Gasteiger partial charge in [-0.2, -0.15) is 0 Å². The number of aromatic nitrogens is 2. The minimum absolute atomic E-state index is 0.0600. The van der Waals surface area contributed by atoms with Crippen molar-refractivity contribution in [2.75, 3.05) is 7.05 Å². The Morgan fingerprint density at radius 3 is 2.62 bits per heavy atom. The Morgan fingerprint density at radius 2 is 2.00 bits per heavy atom. The number of aryl methyl sites for hydroxylation is 1. The van der Waals surface area contributed by atoms with Gasteiger partial charge in [0.2, 0.25) is 0 Å². The van der Waals surface area contributed by atoms with Crippen molar-refractivity contribution in [1.82, 2.24) is 14.5 Å². The minimum Gasteiger partial charge on any atom is -0.337 e. The van der Waals surface area contributed by atoms with Gasteiger partial charge in [0.1, 0.15) is 5.82 Å². The van der Waals surface area contributed by atoms with Crippen molar-refractivity contribution in [2.24, 2.45) is 0 Å². The number of halogens is 1. The predicted octanol–water partition coefficient (Wildman–Crippen LogP) is 3.96. The summed E-state index contributed by atoms with van der Waals surface area (Å²) >= 11 is 1.53. The van der Waals surface area contributed by atoms with Crippen LogP contribution in [0.4, 0.5) is 4.39 Å². The lowest BCUT2D eigenvalue weighted by atomic mass is 10.2. The largest absolute Gasteiger partial charge is 0.337 e. The lowest BCUT2D eigenvalue weighted by molar-refractivity contribution is 0.0784. The Balaban J connectivity index is 1.85. The van der Waals surface area contributed by atoms with Crippen molar-refractivity contribution in [1.29, 1.82) is 0 Å². The molecule has 0 saturated carbocycles. The summed E-state index contributed by atoms with van der Waals surface area (Å²) in [6.45, 7) is 4.32. The molecule has 0 radical (unpaired) electrons. The third kappa shape index (κ3) is 3.10. The van der Waals surface area contributed by atoms with E-state index in [1.54, 1.807) is 30.3 Å². The fraction of sp³-hybridized carbons (Fsp3) is 0.222. The number of amides is 1. The average Bonchev–Trinajstić information content (AvgIpc) is 3.17. The molecular formula is C18H18FN3OS. The topological polar surface area (TPSA) is 38.1 Å². The van der Waals surface area contributed by atoms with E-state index in [4.69, 9.17) is 0 Å². The summed E-state index contributed by atoms with van der Waals surface area (Å²) in [6, 6.07) is 8.08. The smallest absolute Gasteiger partial charge is 0.255 e. The second kappa shape index (κ2) is 6.57. The molecule has 4 nitrogen and oxygen atoms in total. The highest BCUT2D eigenvalue weighted by Crippen LogP contribution is 2.23. The fourth-order valence-corrected chi connectivity index (χ4v) is 3.49. The van der Waals surface area contributed by atoms with Gasteiger partial charge in [0, 0.05) is 36.6 Å². The van der Waals surface area contributed by atoms with Crippen LogP contribution < -0.4 is 0 Å². The van der Waals surface area contributed by atoms with Gasteiger partial charge < -0.3 is 4.90 Å². The summed E-state index contributed by atoms with van der Waals surface area (Å²) in [5, 5.41) is 2.77. The van der Waals surface area contributed by atoms with Crippen LogP contribution in [0.25, 0.3) is 5.13 Å². The van der Waals surface area contributed by atoms with Gasteiger partial charge in [-0.15, -0.1) is 11.3 Å². The molecule has 2 aromatic heterocycles. The minimum atomic E-state index is -0.278. The van der Waals surface area contributed by atoms with Crippen molar-refractivity contribution in [3.63, 3.8) is 0 Å². The summed E-state index contributed by atoms with van der Waals surface area (Å²) in [5.41, 5.74) is 3.40. The van der Waals surface area contributed by atoms with E-state index in [1.807, 2.05) is 29.9 Å². The van der Waals surface area contributed by atoms with Crippen molar-refractivity contribution in [3.8, 4) is 5.13 Å². The quantitative estimate of drug-likeness (QED) is 0.719. The van der Waals surface area contributed by atoms with Crippen LogP contribution in [0, 0.1) is 19.7 Å². The number of rotatable bonds is 4. The molecule has 124 valence electrons. The van der Waals surface area contributed by atoms with Crippen LogP contribution in [0.2, 0.25) is 0 Å². The van der Waals surface area contributed by atoms with Gasteiger partial charge in [0.25, 0.3) is 5.91 Å². The van der Waals surface area contributed by atoms with Gasteiger partial charge in [0.15, 0.2) is 5.13 Å². The third-order valence-corrected chi connectivity index (χ3v) is 4.71. The molecule has 0 unspecified atom stereocenters. The van der Waals surface area contributed by atoms with Crippen molar-refractivity contribution >= 4 is 17.2 Å². The standard InChI is InChI=1S/C18H18FN3OS/c1-12-10-16(13(2)22(12)18-20-8-9-24-18)17(23)21(3)11-14-4-6-15(19)7-5-14/h4-10H,11H2,1-3H3. The zero-order valence-electron chi connectivity index (χ0n) is 13.8. The maximum atomic E-state index is 13.0. The van der Waals surface area contributed by atoms with E-state index in [2.05, 4.69) is 4.98 Å². The van der Waals surface area contributed by atoms with E-state index < -0.39 is 0 Å². The Morgan fingerprint density at radius 1 is 1.29 bits per heavy atom. The first kappa shape index (κ1) is 16.4. The van der Waals surface area contributed by atoms with Gasteiger partial charge >= 0.3 is 0 Å². The SMILES string of the molecule is Cc1cc(C(=O)N(C)Cc2ccc(F)cc2)c(C)n1-c1nccs1. The van der Waals surface area contributed by atoms with E-state index in [0.717, 1.165) is 22.1 Å². The Hall–Kier alpha value is -2.47. The van der Waals surface area contributed by atoms with Crippen LogP contribution in [-0.2, 0) is 6.54 Å². The molecule has 0 fully saturated rings. The molecule has 0 spiro atoms. The zero-order valence-corrected chi connectivity index (χ0v) is 14.6. The molecule has 24 heavy (non-hydrogen) atoms. The zero-order chi connectivity index (χ0) is 17.3. The molecule has 0 aliphatic carbocycles. The number of benzene rings is 1.